The van der Waals surface area contributed by atoms with Crippen molar-refractivity contribution in [1.29, 1.82) is 0 Å². The molecule has 0 bridgehead atoms. The second-order valence-corrected chi connectivity index (χ2v) is 11.0. The Hall–Kier alpha value is -1.77. The van der Waals surface area contributed by atoms with Gasteiger partial charge in [-0.25, -0.2) is 0 Å². The Labute approximate surface area is 187 Å². The zero-order valence-corrected chi connectivity index (χ0v) is 19.2. The first-order chi connectivity index (χ1) is 14.8. The molecular weight excluding hydrogens is 416 g/mol. The molecule has 170 valence electrons. The second-order valence-electron chi connectivity index (χ2n) is 9.27. The van der Waals surface area contributed by atoms with Gasteiger partial charge >= 0.3 is 5.97 Å². The quantitative estimate of drug-likeness (QED) is 0.632. The molecule has 0 saturated carbocycles. The number of benzene rings is 1. The highest BCUT2D eigenvalue weighted by Gasteiger charge is 2.59. The first-order valence-electron chi connectivity index (χ1n) is 11.0. The van der Waals surface area contributed by atoms with Crippen LogP contribution in [-0.2, 0) is 20.7 Å². The Morgan fingerprint density at radius 3 is 2.65 bits per heavy atom. The molecule has 2 N–H and O–H groups in total. The molecule has 3 aliphatic heterocycles. The molecule has 1 aromatic carbocycles. The van der Waals surface area contributed by atoms with Crippen LogP contribution in [0, 0.1) is 0 Å². The predicted molar refractivity (Wildman–Crippen MR) is 119 cm³/mol. The van der Waals surface area contributed by atoms with E-state index in [1.54, 1.807) is 18.9 Å². The number of nitrogens with zero attached hydrogens (tertiary/aromatic N) is 1. The molecule has 0 radical (unpaired) electrons. The van der Waals surface area contributed by atoms with E-state index in [0.29, 0.717) is 13.0 Å². The summed E-state index contributed by atoms with van der Waals surface area (Å²) in [5, 5.41) is 12.7. The minimum atomic E-state index is -0.785. The summed E-state index contributed by atoms with van der Waals surface area (Å²) in [4.78, 5) is 26.1. The van der Waals surface area contributed by atoms with Crippen molar-refractivity contribution >= 4 is 23.6 Å². The number of ether oxygens (including phenoxy) is 2. The van der Waals surface area contributed by atoms with E-state index >= 15 is 0 Å². The molecular formula is C23H32N2O5S. The highest BCUT2D eigenvalue weighted by molar-refractivity contribution is 8.01. The summed E-state index contributed by atoms with van der Waals surface area (Å²) in [5.74, 6) is 0.101. The van der Waals surface area contributed by atoms with Crippen LogP contribution in [0.15, 0.2) is 24.3 Å². The van der Waals surface area contributed by atoms with Crippen molar-refractivity contribution in [3.8, 4) is 5.75 Å². The Kier molecular flexibility index (Phi) is 6.51. The van der Waals surface area contributed by atoms with Gasteiger partial charge in [-0.15, -0.1) is 11.8 Å². The molecule has 1 amide bonds. The number of hydrogen-bond acceptors (Lipinski definition) is 6. The van der Waals surface area contributed by atoms with Crippen molar-refractivity contribution in [3.63, 3.8) is 0 Å². The lowest BCUT2D eigenvalue weighted by Crippen LogP contribution is -2.66. The number of hydrogen-bond donors (Lipinski definition) is 2. The molecule has 1 aromatic rings. The number of aliphatic carboxylic acids is 1. The van der Waals surface area contributed by atoms with Crippen molar-refractivity contribution in [2.75, 3.05) is 13.7 Å². The van der Waals surface area contributed by atoms with Gasteiger partial charge in [0.1, 0.15) is 11.8 Å². The third-order valence-corrected chi connectivity index (χ3v) is 8.26. The molecule has 31 heavy (non-hydrogen) atoms. The molecule has 3 aliphatic rings. The molecule has 3 saturated heterocycles. The fourth-order valence-corrected chi connectivity index (χ4v) is 6.63. The second kappa shape index (κ2) is 9.00. The molecule has 3 fully saturated rings. The van der Waals surface area contributed by atoms with E-state index < -0.39 is 12.0 Å². The SMILES string of the molecule is COc1ccc(C[C@H]2CC[C@@H](CCC(=O)N[C@@H]3CN4[C@@H]3SC(C)(C)[C@@H]4C(=O)O)O2)cc1. The van der Waals surface area contributed by atoms with Crippen LogP contribution in [0.3, 0.4) is 0 Å². The van der Waals surface area contributed by atoms with Gasteiger partial charge in [0, 0.05) is 17.7 Å². The third-order valence-electron chi connectivity index (χ3n) is 6.58. The van der Waals surface area contributed by atoms with Gasteiger partial charge in [0.2, 0.25) is 5.91 Å². The molecule has 0 unspecified atom stereocenters. The van der Waals surface area contributed by atoms with Crippen molar-refractivity contribution in [3.05, 3.63) is 29.8 Å². The van der Waals surface area contributed by atoms with Crippen LogP contribution in [0.4, 0.5) is 0 Å². The maximum atomic E-state index is 12.5. The topological polar surface area (TPSA) is 88.1 Å². The molecule has 7 nitrogen and oxygen atoms in total. The zero-order valence-electron chi connectivity index (χ0n) is 18.4. The number of carbonyl (C=O) groups excluding carboxylic acids is 1. The number of amides is 1. The molecule has 3 heterocycles. The molecule has 5 atom stereocenters. The highest BCUT2D eigenvalue weighted by atomic mass is 32.2. The average molecular weight is 449 g/mol. The Morgan fingerprint density at radius 1 is 1.26 bits per heavy atom. The number of carbonyl (C=O) groups is 2. The van der Waals surface area contributed by atoms with E-state index in [1.165, 1.54) is 5.56 Å². The van der Waals surface area contributed by atoms with Crippen molar-refractivity contribution in [1.82, 2.24) is 10.2 Å². The normalized spacial score (nSPS) is 31.6. The number of rotatable bonds is 8. The maximum absolute atomic E-state index is 12.5. The van der Waals surface area contributed by atoms with Gasteiger partial charge in [-0.2, -0.15) is 0 Å². The van der Waals surface area contributed by atoms with Crippen LogP contribution in [0.2, 0.25) is 0 Å². The van der Waals surface area contributed by atoms with Crippen LogP contribution in [0.5, 0.6) is 5.75 Å². The van der Waals surface area contributed by atoms with E-state index in [1.807, 2.05) is 30.9 Å². The summed E-state index contributed by atoms with van der Waals surface area (Å²) < 4.78 is 11.0. The Balaban J connectivity index is 1.18. The zero-order chi connectivity index (χ0) is 22.2. The Morgan fingerprint density at radius 2 is 1.97 bits per heavy atom. The summed E-state index contributed by atoms with van der Waals surface area (Å²) in [5.41, 5.74) is 1.23. The lowest BCUT2D eigenvalue weighted by molar-refractivity contribution is -0.146. The average Bonchev–Trinajstić information content (AvgIpc) is 3.25. The van der Waals surface area contributed by atoms with Crippen molar-refractivity contribution in [2.24, 2.45) is 0 Å². The smallest absolute Gasteiger partial charge is 0.322 e. The first kappa shape index (κ1) is 22.4. The fraction of sp³-hybridized carbons (Fsp3) is 0.652. The largest absolute Gasteiger partial charge is 0.497 e. The summed E-state index contributed by atoms with van der Waals surface area (Å²) in [6.07, 6.45) is 4.37. The number of nitrogens with one attached hydrogen (secondary N) is 1. The van der Waals surface area contributed by atoms with Crippen LogP contribution in [0.25, 0.3) is 0 Å². The molecule has 0 aromatic heterocycles. The molecule has 0 spiro atoms. The third kappa shape index (κ3) is 4.86. The van der Waals surface area contributed by atoms with Crippen LogP contribution in [-0.4, -0.2) is 69.9 Å². The van der Waals surface area contributed by atoms with E-state index in [0.717, 1.165) is 31.4 Å². The lowest BCUT2D eigenvalue weighted by Gasteiger charge is -2.44. The van der Waals surface area contributed by atoms with E-state index in [2.05, 4.69) is 17.4 Å². The van der Waals surface area contributed by atoms with Crippen LogP contribution in [0.1, 0.15) is 45.1 Å². The summed E-state index contributed by atoms with van der Waals surface area (Å²) in [6.45, 7) is 4.54. The molecule has 4 rings (SSSR count). The van der Waals surface area contributed by atoms with Crippen molar-refractivity contribution < 1.29 is 24.2 Å². The maximum Gasteiger partial charge on any atom is 0.322 e. The molecule has 0 aliphatic carbocycles. The standard InChI is InChI=1S/C23H32N2O5S/c1-23(2)20(22(27)28)25-13-18(21(25)31-23)24-19(26)11-10-16-8-9-17(30-16)12-14-4-6-15(29-3)7-5-14/h4-7,16-18,20-21H,8-13H2,1-3H3,(H,24,26)(H,27,28)/t16-,17+,18+,20-,21+/m0/s1. The van der Waals surface area contributed by atoms with Gasteiger partial charge in [-0.05, 0) is 57.2 Å². The van der Waals surface area contributed by atoms with E-state index in [4.69, 9.17) is 9.47 Å². The number of carboxylic acid groups (broad SMARTS) is 1. The number of methoxy groups -OCH3 is 1. The van der Waals surface area contributed by atoms with E-state index in [-0.39, 0.29) is 34.3 Å². The number of thioether (sulfide) groups is 1. The fourth-order valence-electron chi connectivity index (χ4n) is 4.99. The number of carboxylic acids is 1. The molecule has 8 heteroatoms. The van der Waals surface area contributed by atoms with Crippen molar-refractivity contribution in [2.45, 2.75) is 80.4 Å². The van der Waals surface area contributed by atoms with Gasteiger partial charge in [0.15, 0.2) is 0 Å². The van der Waals surface area contributed by atoms with Crippen LogP contribution < -0.4 is 10.1 Å². The van der Waals surface area contributed by atoms with Gasteiger partial charge in [0.25, 0.3) is 0 Å². The van der Waals surface area contributed by atoms with Crippen LogP contribution >= 0.6 is 11.8 Å². The highest BCUT2D eigenvalue weighted by Crippen LogP contribution is 2.50. The van der Waals surface area contributed by atoms with Gasteiger partial charge in [-0.3, -0.25) is 14.5 Å². The minimum absolute atomic E-state index is 0.0217. The predicted octanol–water partition coefficient (Wildman–Crippen LogP) is 2.67. The lowest BCUT2D eigenvalue weighted by atomic mass is 9.96. The minimum Gasteiger partial charge on any atom is -0.497 e. The Bertz CT molecular complexity index is 815. The summed E-state index contributed by atoms with van der Waals surface area (Å²) in [7, 11) is 1.66. The van der Waals surface area contributed by atoms with Gasteiger partial charge in [0.05, 0.1) is 30.7 Å². The summed E-state index contributed by atoms with van der Waals surface area (Å²) >= 11 is 1.65. The van der Waals surface area contributed by atoms with E-state index in [9.17, 15) is 14.7 Å². The van der Waals surface area contributed by atoms with Gasteiger partial charge in [-0.1, -0.05) is 12.1 Å². The number of fused-ring (bicyclic) bond motifs is 1. The first-order valence-corrected chi connectivity index (χ1v) is 11.9. The summed E-state index contributed by atoms with van der Waals surface area (Å²) in [6, 6.07) is 7.61. The van der Waals surface area contributed by atoms with Gasteiger partial charge < -0.3 is 19.9 Å². The monoisotopic (exact) mass is 448 g/mol.